The standard InChI is InChI=1S/C10H12BrNO/c1-7(6-12)8-4-3-5-9(11)10(8)13-2/h3-5H,1,6,12H2,2H3. The molecule has 0 aliphatic rings. The van der Waals surface area contributed by atoms with Crippen molar-refractivity contribution in [2.24, 2.45) is 5.73 Å². The molecule has 1 aromatic rings. The first kappa shape index (κ1) is 10.3. The third-order valence-electron chi connectivity index (χ3n) is 1.80. The van der Waals surface area contributed by atoms with Crippen molar-refractivity contribution in [1.29, 1.82) is 0 Å². The highest BCUT2D eigenvalue weighted by Crippen LogP contribution is 2.32. The van der Waals surface area contributed by atoms with Gasteiger partial charge in [0.05, 0.1) is 11.6 Å². The first-order valence-electron chi connectivity index (χ1n) is 3.91. The second-order valence-corrected chi connectivity index (χ2v) is 3.48. The zero-order chi connectivity index (χ0) is 9.84. The van der Waals surface area contributed by atoms with Crippen LogP contribution < -0.4 is 10.5 Å². The Labute approximate surface area is 86.5 Å². The van der Waals surface area contributed by atoms with Gasteiger partial charge in [0.15, 0.2) is 0 Å². The first-order chi connectivity index (χ1) is 6.20. The molecule has 1 aromatic carbocycles. The molecule has 0 amide bonds. The van der Waals surface area contributed by atoms with Gasteiger partial charge in [-0.25, -0.2) is 0 Å². The van der Waals surface area contributed by atoms with Crippen LogP contribution in [-0.4, -0.2) is 13.7 Å². The first-order valence-corrected chi connectivity index (χ1v) is 4.70. The van der Waals surface area contributed by atoms with Crippen molar-refractivity contribution in [1.82, 2.24) is 0 Å². The lowest BCUT2D eigenvalue weighted by Crippen LogP contribution is -2.02. The predicted molar refractivity (Wildman–Crippen MR) is 58.8 cm³/mol. The zero-order valence-corrected chi connectivity index (χ0v) is 9.10. The van der Waals surface area contributed by atoms with E-state index in [2.05, 4.69) is 22.5 Å². The normalized spacial score (nSPS) is 9.77. The molecule has 2 nitrogen and oxygen atoms in total. The zero-order valence-electron chi connectivity index (χ0n) is 7.51. The number of methoxy groups -OCH3 is 1. The van der Waals surface area contributed by atoms with E-state index in [1.807, 2.05) is 18.2 Å². The van der Waals surface area contributed by atoms with Gasteiger partial charge in [-0.3, -0.25) is 0 Å². The van der Waals surface area contributed by atoms with E-state index in [0.717, 1.165) is 21.4 Å². The fourth-order valence-electron chi connectivity index (χ4n) is 1.10. The van der Waals surface area contributed by atoms with Gasteiger partial charge in [0.2, 0.25) is 0 Å². The van der Waals surface area contributed by atoms with E-state index in [9.17, 15) is 0 Å². The van der Waals surface area contributed by atoms with Crippen LogP contribution in [0, 0.1) is 0 Å². The van der Waals surface area contributed by atoms with E-state index in [1.165, 1.54) is 0 Å². The van der Waals surface area contributed by atoms with E-state index in [0.29, 0.717) is 6.54 Å². The highest BCUT2D eigenvalue weighted by atomic mass is 79.9. The summed E-state index contributed by atoms with van der Waals surface area (Å²) in [6, 6.07) is 5.80. The van der Waals surface area contributed by atoms with Crippen molar-refractivity contribution in [2.45, 2.75) is 0 Å². The van der Waals surface area contributed by atoms with Crippen molar-refractivity contribution in [3.05, 3.63) is 34.8 Å². The maximum absolute atomic E-state index is 5.51. The molecule has 0 aliphatic carbocycles. The number of ether oxygens (including phenoxy) is 1. The number of rotatable bonds is 3. The molecule has 70 valence electrons. The van der Waals surface area contributed by atoms with Gasteiger partial charge in [-0.2, -0.15) is 0 Å². The van der Waals surface area contributed by atoms with Gasteiger partial charge in [0, 0.05) is 12.1 Å². The molecule has 0 aromatic heterocycles. The van der Waals surface area contributed by atoms with Gasteiger partial charge < -0.3 is 10.5 Å². The van der Waals surface area contributed by atoms with Crippen molar-refractivity contribution in [3.8, 4) is 5.75 Å². The molecular formula is C10H12BrNO. The second-order valence-electron chi connectivity index (χ2n) is 2.63. The van der Waals surface area contributed by atoms with Gasteiger partial charge in [-0.1, -0.05) is 18.7 Å². The minimum absolute atomic E-state index is 0.437. The molecule has 0 unspecified atom stereocenters. The predicted octanol–water partition coefficient (Wildman–Crippen LogP) is 2.43. The summed E-state index contributed by atoms with van der Waals surface area (Å²) in [5.74, 6) is 0.790. The fourth-order valence-corrected chi connectivity index (χ4v) is 1.63. The Morgan fingerprint density at radius 3 is 2.85 bits per heavy atom. The average molecular weight is 242 g/mol. The Morgan fingerprint density at radius 2 is 2.31 bits per heavy atom. The monoisotopic (exact) mass is 241 g/mol. The third kappa shape index (κ3) is 2.11. The van der Waals surface area contributed by atoms with Gasteiger partial charge >= 0.3 is 0 Å². The van der Waals surface area contributed by atoms with Gasteiger partial charge in [0.25, 0.3) is 0 Å². The molecule has 0 radical (unpaired) electrons. The molecule has 0 bridgehead atoms. The maximum Gasteiger partial charge on any atom is 0.140 e. The molecule has 0 fully saturated rings. The summed E-state index contributed by atoms with van der Waals surface area (Å²) in [4.78, 5) is 0. The molecule has 0 aliphatic heterocycles. The van der Waals surface area contributed by atoms with Crippen LogP contribution in [0.4, 0.5) is 0 Å². The van der Waals surface area contributed by atoms with Crippen LogP contribution in [0.2, 0.25) is 0 Å². The Bertz CT molecular complexity index is 323. The highest BCUT2D eigenvalue weighted by Gasteiger charge is 2.07. The van der Waals surface area contributed by atoms with Crippen molar-refractivity contribution in [2.75, 3.05) is 13.7 Å². The van der Waals surface area contributed by atoms with Gasteiger partial charge in [-0.05, 0) is 27.6 Å². The van der Waals surface area contributed by atoms with Crippen molar-refractivity contribution >= 4 is 21.5 Å². The number of para-hydroxylation sites is 1. The molecule has 0 saturated heterocycles. The lowest BCUT2D eigenvalue weighted by molar-refractivity contribution is 0.411. The average Bonchev–Trinajstić information content (AvgIpc) is 2.16. The summed E-state index contributed by atoms with van der Waals surface area (Å²) >= 11 is 3.40. The van der Waals surface area contributed by atoms with E-state index < -0.39 is 0 Å². The van der Waals surface area contributed by atoms with E-state index in [1.54, 1.807) is 7.11 Å². The third-order valence-corrected chi connectivity index (χ3v) is 2.42. The molecule has 0 heterocycles. The van der Waals surface area contributed by atoms with Gasteiger partial charge in [-0.15, -0.1) is 0 Å². The fraction of sp³-hybridized carbons (Fsp3) is 0.200. The minimum Gasteiger partial charge on any atom is -0.495 e. The number of halogens is 1. The van der Waals surface area contributed by atoms with Crippen LogP contribution in [0.1, 0.15) is 5.56 Å². The summed E-state index contributed by atoms with van der Waals surface area (Å²) in [5, 5.41) is 0. The SMILES string of the molecule is C=C(CN)c1cccc(Br)c1OC. The second kappa shape index (κ2) is 4.44. The van der Waals surface area contributed by atoms with E-state index in [-0.39, 0.29) is 0 Å². The lowest BCUT2D eigenvalue weighted by Gasteiger charge is -2.10. The number of hydrogen-bond donors (Lipinski definition) is 1. The topological polar surface area (TPSA) is 35.2 Å². The summed E-state index contributed by atoms with van der Waals surface area (Å²) in [6.07, 6.45) is 0. The summed E-state index contributed by atoms with van der Waals surface area (Å²) < 4.78 is 6.15. The van der Waals surface area contributed by atoms with Crippen molar-refractivity contribution < 1.29 is 4.74 Å². The van der Waals surface area contributed by atoms with Crippen LogP contribution in [0.3, 0.4) is 0 Å². The maximum atomic E-state index is 5.51. The molecule has 3 heteroatoms. The molecule has 0 saturated carbocycles. The number of hydrogen-bond acceptors (Lipinski definition) is 2. The molecule has 13 heavy (non-hydrogen) atoms. The van der Waals surface area contributed by atoms with Crippen molar-refractivity contribution in [3.63, 3.8) is 0 Å². The Morgan fingerprint density at radius 1 is 1.62 bits per heavy atom. The molecule has 2 N–H and O–H groups in total. The molecule has 0 spiro atoms. The lowest BCUT2D eigenvalue weighted by atomic mass is 10.1. The Hall–Kier alpha value is -0.800. The summed E-state index contributed by atoms with van der Waals surface area (Å²) in [5.41, 5.74) is 7.34. The van der Waals surface area contributed by atoms with Gasteiger partial charge in [0.1, 0.15) is 5.75 Å². The van der Waals surface area contributed by atoms with Crippen LogP contribution >= 0.6 is 15.9 Å². The Balaban J connectivity index is 3.20. The molecule has 1 rings (SSSR count). The van der Waals surface area contributed by atoms with Crippen LogP contribution in [0.15, 0.2) is 29.3 Å². The number of nitrogens with two attached hydrogens (primary N) is 1. The quantitative estimate of drug-likeness (QED) is 0.883. The smallest absolute Gasteiger partial charge is 0.140 e. The van der Waals surface area contributed by atoms with Crippen LogP contribution in [-0.2, 0) is 0 Å². The van der Waals surface area contributed by atoms with E-state index >= 15 is 0 Å². The van der Waals surface area contributed by atoms with E-state index in [4.69, 9.17) is 10.5 Å². The summed E-state index contributed by atoms with van der Waals surface area (Å²) in [7, 11) is 1.63. The molecule has 0 atom stereocenters. The minimum atomic E-state index is 0.437. The number of benzene rings is 1. The highest BCUT2D eigenvalue weighted by molar-refractivity contribution is 9.10. The van der Waals surface area contributed by atoms with Crippen LogP contribution in [0.5, 0.6) is 5.75 Å². The largest absolute Gasteiger partial charge is 0.495 e. The Kier molecular flexibility index (Phi) is 3.51. The van der Waals surface area contributed by atoms with Crippen LogP contribution in [0.25, 0.3) is 5.57 Å². The molecular weight excluding hydrogens is 230 g/mol. The summed E-state index contributed by atoms with van der Waals surface area (Å²) in [6.45, 7) is 4.30.